The molecule has 0 radical (unpaired) electrons. The first-order valence-corrected chi connectivity index (χ1v) is 22.7. The third kappa shape index (κ3) is 9.34. The van der Waals surface area contributed by atoms with E-state index in [1.807, 2.05) is 98.8 Å². The minimum absolute atomic E-state index is 0.262. The third-order valence-corrected chi connectivity index (χ3v) is 13.4. The van der Waals surface area contributed by atoms with Crippen LogP contribution >= 0.6 is 0 Å². The molecule has 0 atom stereocenters. The summed E-state index contributed by atoms with van der Waals surface area (Å²) in [6.07, 6.45) is 2.13. The van der Waals surface area contributed by atoms with Crippen molar-refractivity contribution in [3.8, 4) is 5.75 Å². The van der Waals surface area contributed by atoms with Gasteiger partial charge in [0.25, 0.3) is 20.0 Å². The zero-order valence-corrected chi connectivity index (χ0v) is 34.9. The molecule has 6 aromatic carbocycles. The Hall–Kier alpha value is -5.34. The standard InChI is InChI=1S/C23H27N3O3S.C22H25N3O2S/c1-17-8-9-20(22(16-17)29-2)25-30(27,28)23-11-10-21(18-6-3-4-7-19(18)23)26-14-5-12-24-13-15-26;1-17-7-9-18(10-8-17)24-28(26,27)22-12-11-21(19-5-2-3-6-20(19)22)25-15-4-13-23-14-16-25/h3-4,6-11,16,24-25H,5,12-15H2,1-2H3;2-3,5-12,23-24H,4,13-16H2,1H3. The van der Waals surface area contributed by atoms with Crippen molar-refractivity contribution in [2.24, 2.45) is 0 Å². The van der Waals surface area contributed by atoms with Crippen molar-refractivity contribution in [2.75, 3.05) is 78.7 Å². The van der Waals surface area contributed by atoms with Crippen molar-refractivity contribution in [3.05, 3.63) is 126 Å². The molecule has 2 fully saturated rings. The topological polar surface area (TPSA) is 132 Å². The largest absolute Gasteiger partial charge is 0.495 e. The Morgan fingerprint density at radius 3 is 1.53 bits per heavy atom. The second-order valence-corrected chi connectivity index (χ2v) is 18.0. The van der Waals surface area contributed by atoms with Crippen molar-refractivity contribution in [3.63, 3.8) is 0 Å². The van der Waals surface area contributed by atoms with E-state index in [0.29, 0.717) is 27.4 Å². The number of sulfonamides is 2. The first-order valence-electron chi connectivity index (χ1n) is 19.8. The summed E-state index contributed by atoms with van der Waals surface area (Å²) in [7, 11) is -5.95. The summed E-state index contributed by atoms with van der Waals surface area (Å²) in [6.45, 7) is 11.5. The monoisotopic (exact) mass is 820 g/mol. The molecular weight excluding hydrogens is 769 g/mol. The number of nitrogens with zero attached hydrogens (tertiary/aromatic N) is 2. The number of hydrogen-bond donors (Lipinski definition) is 4. The van der Waals surface area contributed by atoms with Gasteiger partial charge in [-0.1, -0.05) is 72.3 Å². The van der Waals surface area contributed by atoms with Gasteiger partial charge < -0.3 is 25.2 Å². The van der Waals surface area contributed by atoms with Gasteiger partial charge in [0.05, 0.1) is 22.6 Å². The molecule has 4 N–H and O–H groups in total. The van der Waals surface area contributed by atoms with E-state index in [1.54, 1.807) is 30.3 Å². The molecule has 0 unspecified atom stereocenters. The number of aryl methyl sites for hydroxylation is 2. The van der Waals surface area contributed by atoms with Crippen LogP contribution in [0.2, 0.25) is 0 Å². The number of fused-ring (bicyclic) bond motifs is 2. The fourth-order valence-corrected chi connectivity index (χ4v) is 10.2. The fraction of sp³-hybridized carbons (Fsp3) is 0.289. The van der Waals surface area contributed by atoms with E-state index >= 15 is 0 Å². The van der Waals surface area contributed by atoms with E-state index in [-0.39, 0.29) is 4.90 Å². The van der Waals surface area contributed by atoms with Crippen molar-refractivity contribution in [2.45, 2.75) is 36.5 Å². The predicted molar refractivity (Wildman–Crippen MR) is 238 cm³/mol. The Morgan fingerprint density at radius 1 is 0.534 bits per heavy atom. The van der Waals surface area contributed by atoms with Crippen LogP contribution in [-0.2, 0) is 20.0 Å². The van der Waals surface area contributed by atoms with Crippen LogP contribution < -0.4 is 34.6 Å². The van der Waals surface area contributed by atoms with Crippen molar-refractivity contribution >= 4 is 64.3 Å². The van der Waals surface area contributed by atoms with Crippen LogP contribution in [0, 0.1) is 13.8 Å². The highest BCUT2D eigenvalue weighted by Gasteiger charge is 2.23. The number of ether oxygens (including phenoxy) is 1. The summed E-state index contributed by atoms with van der Waals surface area (Å²) in [5.74, 6) is 0.497. The van der Waals surface area contributed by atoms with Gasteiger partial charge in [-0.3, -0.25) is 9.44 Å². The van der Waals surface area contributed by atoms with Crippen LogP contribution in [0.25, 0.3) is 21.5 Å². The molecule has 2 saturated heterocycles. The molecule has 2 aliphatic heterocycles. The van der Waals surface area contributed by atoms with Crippen molar-refractivity contribution in [1.29, 1.82) is 0 Å². The van der Waals surface area contributed by atoms with Crippen LogP contribution in [0.3, 0.4) is 0 Å². The first-order chi connectivity index (χ1) is 28.0. The third-order valence-electron chi connectivity index (χ3n) is 10.6. The Kier molecular flexibility index (Phi) is 12.7. The molecule has 0 spiro atoms. The molecule has 11 nitrogen and oxygen atoms in total. The molecule has 304 valence electrons. The zero-order chi connectivity index (χ0) is 40.7. The Morgan fingerprint density at radius 2 is 1.02 bits per heavy atom. The first kappa shape index (κ1) is 40.8. The second kappa shape index (κ2) is 18.1. The molecular formula is C45H52N6O5S2. The van der Waals surface area contributed by atoms with Gasteiger partial charge >= 0.3 is 0 Å². The summed E-state index contributed by atoms with van der Waals surface area (Å²) in [5, 5.41) is 10.2. The summed E-state index contributed by atoms with van der Waals surface area (Å²) >= 11 is 0. The van der Waals surface area contributed by atoms with Gasteiger partial charge in [-0.2, -0.15) is 0 Å². The minimum atomic E-state index is -3.80. The second-order valence-electron chi connectivity index (χ2n) is 14.7. The SMILES string of the molecule is COc1cc(C)ccc1NS(=O)(=O)c1ccc(N2CCCNCC2)c2ccccc12.Cc1ccc(NS(=O)(=O)c2ccc(N3CCCNCC3)c3ccccc23)cc1. The molecule has 0 saturated carbocycles. The minimum Gasteiger partial charge on any atom is -0.495 e. The summed E-state index contributed by atoms with van der Waals surface area (Å²) in [5.41, 5.74) is 5.24. The molecule has 13 heteroatoms. The fourth-order valence-electron chi connectivity index (χ4n) is 7.62. The average Bonchev–Trinajstić information content (AvgIpc) is 3.68. The van der Waals surface area contributed by atoms with E-state index in [1.165, 1.54) is 7.11 Å². The number of rotatable bonds is 9. The van der Waals surface area contributed by atoms with Crippen LogP contribution in [0.15, 0.2) is 125 Å². The lowest BCUT2D eigenvalue weighted by molar-refractivity contribution is 0.416. The van der Waals surface area contributed by atoms with Gasteiger partial charge in [-0.05, 0) is 93.9 Å². The molecule has 2 heterocycles. The van der Waals surface area contributed by atoms with Gasteiger partial charge in [0, 0.05) is 77.9 Å². The van der Waals surface area contributed by atoms with Gasteiger partial charge in [0.15, 0.2) is 0 Å². The highest BCUT2D eigenvalue weighted by Crippen LogP contribution is 2.36. The van der Waals surface area contributed by atoms with Crippen LogP contribution in [0.1, 0.15) is 24.0 Å². The maximum Gasteiger partial charge on any atom is 0.262 e. The van der Waals surface area contributed by atoms with E-state index in [0.717, 1.165) is 104 Å². The molecule has 0 aromatic heterocycles. The van der Waals surface area contributed by atoms with Crippen molar-refractivity contribution in [1.82, 2.24) is 10.6 Å². The lowest BCUT2D eigenvalue weighted by Gasteiger charge is -2.25. The average molecular weight is 821 g/mol. The molecule has 0 aliphatic carbocycles. The van der Waals surface area contributed by atoms with E-state index in [4.69, 9.17) is 4.74 Å². The Balaban J connectivity index is 0.000000177. The van der Waals surface area contributed by atoms with Gasteiger partial charge in [-0.15, -0.1) is 0 Å². The number of methoxy groups -OCH3 is 1. The van der Waals surface area contributed by atoms with Gasteiger partial charge in [-0.25, -0.2) is 16.8 Å². The molecule has 2 aliphatic rings. The number of anilines is 4. The molecule has 58 heavy (non-hydrogen) atoms. The van der Waals surface area contributed by atoms with E-state index in [2.05, 4.69) is 29.9 Å². The lowest BCUT2D eigenvalue weighted by atomic mass is 10.1. The van der Waals surface area contributed by atoms with Crippen molar-refractivity contribution < 1.29 is 21.6 Å². The van der Waals surface area contributed by atoms with Crippen LogP contribution in [0.5, 0.6) is 5.75 Å². The molecule has 0 amide bonds. The smallest absolute Gasteiger partial charge is 0.262 e. The van der Waals surface area contributed by atoms with Crippen LogP contribution in [-0.4, -0.2) is 76.3 Å². The van der Waals surface area contributed by atoms with E-state index in [9.17, 15) is 16.8 Å². The highest BCUT2D eigenvalue weighted by molar-refractivity contribution is 7.93. The normalized spacial score (nSPS) is 15.2. The summed E-state index contributed by atoms with van der Waals surface area (Å²) in [6, 6.07) is 35.5. The highest BCUT2D eigenvalue weighted by atomic mass is 32.2. The van der Waals surface area contributed by atoms with E-state index < -0.39 is 20.0 Å². The Labute approximate surface area is 342 Å². The quantitative estimate of drug-likeness (QED) is 0.117. The van der Waals surface area contributed by atoms with Gasteiger partial charge in [0.1, 0.15) is 5.75 Å². The maximum atomic E-state index is 13.3. The number of hydrogen-bond acceptors (Lipinski definition) is 9. The maximum absolute atomic E-state index is 13.3. The number of nitrogens with one attached hydrogen (secondary N) is 4. The van der Waals surface area contributed by atoms with Gasteiger partial charge in [0.2, 0.25) is 0 Å². The van der Waals surface area contributed by atoms with Crippen LogP contribution in [0.4, 0.5) is 22.7 Å². The Bertz CT molecular complexity index is 2590. The predicted octanol–water partition coefficient (Wildman–Crippen LogP) is 7.51. The molecule has 0 bridgehead atoms. The summed E-state index contributed by atoms with van der Waals surface area (Å²) in [4.78, 5) is 5.24. The summed E-state index contributed by atoms with van der Waals surface area (Å²) < 4.78 is 63.6. The zero-order valence-electron chi connectivity index (χ0n) is 33.3. The lowest BCUT2D eigenvalue weighted by Crippen LogP contribution is -2.28. The molecule has 6 aromatic rings. The number of benzene rings is 6. The molecule has 8 rings (SSSR count).